The summed E-state index contributed by atoms with van der Waals surface area (Å²) in [6.45, 7) is 1.11. The molecule has 16 heteroatoms. The van der Waals surface area contributed by atoms with E-state index in [-0.39, 0.29) is 41.3 Å². The van der Waals surface area contributed by atoms with E-state index >= 15 is 0 Å². The average molecular weight is 699 g/mol. The molecule has 0 bridgehead atoms. The molecule has 2 saturated heterocycles. The molecular weight excluding hydrogens is 660 g/mol. The summed E-state index contributed by atoms with van der Waals surface area (Å²) >= 11 is 0. The van der Waals surface area contributed by atoms with Crippen molar-refractivity contribution in [3.63, 3.8) is 0 Å². The third kappa shape index (κ3) is 7.19. The van der Waals surface area contributed by atoms with Crippen molar-refractivity contribution < 1.29 is 69.0 Å². The number of aliphatic hydroxyl groups is 5. The second-order valence-electron chi connectivity index (χ2n) is 12.4. The van der Waals surface area contributed by atoms with Crippen LogP contribution < -0.4 is 20.5 Å². The molecule has 0 unspecified atom stereocenters. The van der Waals surface area contributed by atoms with Crippen molar-refractivity contribution in [1.82, 2.24) is 5.32 Å². The number of hydrogen-bond donors (Lipinski definition) is 9. The van der Waals surface area contributed by atoms with Gasteiger partial charge in [0.2, 0.25) is 6.29 Å². The van der Waals surface area contributed by atoms with Gasteiger partial charge in [-0.2, -0.15) is 0 Å². The Labute approximate surface area is 285 Å². The molecule has 3 heterocycles. The van der Waals surface area contributed by atoms with Crippen LogP contribution in [0.5, 0.6) is 23.0 Å². The highest BCUT2D eigenvalue weighted by Gasteiger charge is 2.51. The van der Waals surface area contributed by atoms with Crippen molar-refractivity contribution in [1.29, 1.82) is 0 Å². The van der Waals surface area contributed by atoms with Gasteiger partial charge < -0.3 is 70.5 Å². The number of nitrogen functional groups attached to an aromatic ring is 1. The molecule has 3 aromatic carbocycles. The van der Waals surface area contributed by atoms with Gasteiger partial charge in [-0.3, -0.25) is 9.59 Å². The van der Waals surface area contributed by atoms with Crippen LogP contribution in [0.3, 0.4) is 0 Å². The fourth-order valence-corrected chi connectivity index (χ4v) is 6.02. The maximum atomic E-state index is 13.1. The summed E-state index contributed by atoms with van der Waals surface area (Å²) in [6, 6.07) is 14.6. The summed E-state index contributed by atoms with van der Waals surface area (Å²) in [5.74, 6) is -1.57. The zero-order valence-corrected chi connectivity index (χ0v) is 26.6. The van der Waals surface area contributed by atoms with Crippen molar-refractivity contribution in [2.24, 2.45) is 0 Å². The number of aromatic hydroxyl groups is 2. The number of rotatable bonds is 8. The lowest BCUT2D eigenvalue weighted by molar-refractivity contribution is -0.352. The fourth-order valence-electron chi connectivity index (χ4n) is 6.02. The van der Waals surface area contributed by atoms with Crippen LogP contribution >= 0.6 is 0 Å². The van der Waals surface area contributed by atoms with Crippen molar-refractivity contribution in [3.8, 4) is 23.0 Å². The normalized spacial score (nSPS) is 32.4. The number of fused-ring (bicyclic) bond motifs is 1. The molecule has 16 nitrogen and oxygen atoms in total. The number of carbonyl (C=O) groups excluding carboxylic acids is 2. The SMILES string of the molecule is C[C@@H]1O[C@@H](O[C@H]2[C@H](Oc3cc(O)c4c(c3)O[C@H](c3ccc(O)cc3)CC4=O)O[C@H](CNC(=O)c3ccc(N)cc3)[C@@H](O)[C@@H]2O)[C@H](O)[C@H](O)[C@H]1O. The largest absolute Gasteiger partial charge is 0.508 e. The summed E-state index contributed by atoms with van der Waals surface area (Å²) in [4.78, 5) is 25.8. The van der Waals surface area contributed by atoms with Gasteiger partial charge in [-0.15, -0.1) is 0 Å². The first-order chi connectivity index (χ1) is 23.8. The molecule has 11 atom stereocenters. The molecule has 0 radical (unpaired) electrons. The monoisotopic (exact) mass is 698 g/mol. The van der Waals surface area contributed by atoms with Crippen LogP contribution in [0.15, 0.2) is 60.7 Å². The quantitative estimate of drug-likeness (QED) is 0.139. The van der Waals surface area contributed by atoms with Gasteiger partial charge >= 0.3 is 0 Å². The van der Waals surface area contributed by atoms with E-state index in [9.17, 15) is 45.3 Å². The topological polar surface area (TPSA) is 260 Å². The predicted octanol–water partition coefficient (Wildman–Crippen LogP) is -0.145. The van der Waals surface area contributed by atoms with Crippen molar-refractivity contribution in [2.75, 3.05) is 12.3 Å². The molecule has 1 amide bonds. The van der Waals surface area contributed by atoms with Crippen LogP contribution in [-0.2, 0) is 14.2 Å². The molecule has 0 spiro atoms. The zero-order chi connectivity index (χ0) is 35.9. The number of amides is 1. The molecule has 0 saturated carbocycles. The van der Waals surface area contributed by atoms with Crippen LogP contribution in [0.2, 0.25) is 0 Å². The van der Waals surface area contributed by atoms with Crippen molar-refractivity contribution in [2.45, 2.75) is 80.9 Å². The number of phenolic OH excluding ortho intramolecular Hbond substituents is 2. The number of ether oxygens (including phenoxy) is 5. The zero-order valence-electron chi connectivity index (χ0n) is 26.6. The van der Waals surface area contributed by atoms with Crippen LogP contribution in [0.25, 0.3) is 0 Å². The first-order valence-electron chi connectivity index (χ1n) is 15.8. The molecular formula is C34H38N2O14. The maximum Gasteiger partial charge on any atom is 0.251 e. The fraction of sp³-hybridized carbons (Fsp3) is 0.412. The Kier molecular flexibility index (Phi) is 10.2. The Morgan fingerprint density at radius 2 is 1.58 bits per heavy atom. The van der Waals surface area contributed by atoms with Crippen LogP contribution in [0.1, 0.15) is 45.7 Å². The molecule has 0 aromatic heterocycles. The minimum Gasteiger partial charge on any atom is -0.508 e. The number of hydrogen-bond acceptors (Lipinski definition) is 15. The molecule has 6 rings (SSSR count). The lowest BCUT2D eigenvalue weighted by Crippen LogP contribution is -2.65. The van der Waals surface area contributed by atoms with Crippen molar-refractivity contribution in [3.05, 3.63) is 77.4 Å². The highest BCUT2D eigenvalue weighted by molar-refractivity contribution is 6.02. The summed E-state index contributed by atoms with van der Waals surface area (Å²) in [6.07, 6.45) is -16.4. The van der Waals surface area contributed by atoms with E-state index in [2.05, 4.69) is 5.32 Å². The van der Waals surface area contributed by atoms with E-state index in [0.29, 0.717) is 11.3 Å². The van der Waals surface area contributed by atoms with Gasteiger partial charge in [-0.1, -0.05) is 12.1 Å². The number of benzene rings is 3. The van der Waals surface area contributed by atoms with E-state index in [0.717, 1.165) is 6.07 Å². The van der Waals surface area contributed by atoms with Gasteiger partial charge in [0.1, 0.15) is 71.3 Å². The lowest BCUT2D eigenvalue weighted by Gasteiger charge is -2.46. The predicted molar refractivity (Wildman–Crippen MR) is 170 cm³/mol. The highest BCUT2D eigenvalue weighted by atomic mass is 16.8. The van der Waals surface area contributed by atoms with E-state index in [1.54, 1.807) is 12.1 Å². The average Bonchev–Trinajstić information content (AvgIpc) is 3.08. The number of carbonyl (C=O) groups is 2. The molecule has 10 N–H and O–H groups in total. The smallest absolute Gasteiger partial charge is 0.251 e. The Morgan fingerprint density at radius 3 is 2.28 bits per heavy atom. The summed E-state index contributed by atoms with van der Waals surface area (Å²) in [5.41, 5.74) is 6.90. The standard InChI is InChI=1S/C34H38N2O14/c1-14-26(40)28(42)30(44)33(46-14)50-31-29(43)27(41)24(13-36-32(45)16-2-6-17(35)7-3-16)49-34(31)47-19-10-20(38)25-21(39)12-22(48-23(25)11-19)15-4-8-18(37)9-5-15/h2-11,14,22,24,26-31,33-34,37-38,40-44H,12-13,35H2,1H3,(H,36,45)/t14-,22-,24+,26-,27+,28+,29-,30+,31+,33-,34+/m0/s1. The molecule has 50 heavy (non-hydrogen) atoms. The third-order valence-electron chi connectivity index (χ3n) is 8.87. The number of nitrogens with one attached hydrogen (secondary N) is 1. The van der Waals surface area contributed by atoms with E-state index < -0.39 is 85.0 Å². The molecule has 3 aliphatic rings. The highest BCUT2D eigenvalue weighted by Crippen LogP contribution is 2.43. The van der Waals surface area contributed by atoms with Gasteiger partial charge in [0, 0.05) is 29.9 Å². The Morgan fingerprint density at radius 1 is 0.880 bits per heavy atom. The first-order valence-corrected chi connectivity index (χ1v) is 15.8. The van der Waals surface area contributed by atoms with E-state index in [1.807, 2.05) is 0 Å². The van der Waals surface area contributed by atoms with Crippen LogP contribution in [0, 0.1) is 0 Å². The minimum atomic E-state index is -1.80. The van der Waals surface area contributed by atoms with Gasteiger partial charge in [-0.05, 0) is 48.9 Å². The Balaban J connectivity index is 1.26. The van der Waals surface area contributed by atoms with Gasteiger partial charge in [0.15, 0.2) is 18.2 Å². The number of ketones is 1. The molecule has 3 aromatic rings. The number of phenols is 2. The van der Waals surface area contributed by atoms with E-state index in [4.69, 9.17) is 29.4 Å². The number of aliphatic hydroxyl groups excluding tert-OH is 5. The number of Topliss-reactive ketones (excluding diaryl/α,β-unsaturated/α-hetero) is 1. The summed E-state index contributed by atoms with van der Waals surface area (Å²) < 4.78 is 29.4. The Bertz CT molecular complexity index is 1690. The van der Waals surface area contributed by atoms with Gasteiger partial charge in [-0.25, -0.2) is 0 Å². The maximum absolute atomic E-state index is 13.1. The van der Waals surface area contributed by atoms with Gasteiger partial charge in [0.05, 0.1) is 12.5 Å². The minimum absolute atomic E-state index is 0.0237. The number of nitrogens with two attached hydrogens (primary N) is 1. The third-order valence-corrected chi connectivity index (χ3v) is 8.87. The molecule has 2 fully saturated rings. The van der Waals surface area contributed by atoms with Crippen molar-refractivity contribution >= 4 is 17.4 Å². The second-order valence-corrected chi connectivity index (χ2v) is 12.4. The molecule has 3 aliphatic heterocycles. The van der Waals surface area contributed by atoms with Gasteiger partial charge in [0.25, 0.3) is 5.91 Å². The molecule has 0 aliphatic carbocycles. The van der Waals surface area contributed by atoms with Crippen LogP contribution in [-0.4, -0.2) is 115 Å². The second kappa shape index (κ2) is 14.4. The lowest BCUT2D eigenvalue weighted by atomic mass is 9.95. The summed E-state index contributed by atoms with van der Waals surface area (Å²) in [5, 5.41) is 76.5. The number of anilines is 1. The summed E-state index contributed by atoms with van der Waals surface area (Å²) in [7, 11) is 0. The van der Waals surface area contributed by atoms with E-state index in [1.165, 1.54) is 49.4 Å². The van der Waals surface area contributed by atoms with Crippen LogP contribution in [0.4, 0.5) is 5.69 Å². The first kappa shape index (κ1) is 35.3. The Hall–Kier alpha value is -4.52. The molecule has 268 valence electrons.